The van der Waals surface area contributed by atoms with Gasteiger partial charge >= 0.3 is 0 Å². The topological polar surface area (TPSA) is 54.4 Å². The first kappa shape index (κ1) is 13.2. The highest BCUT2D eigenvalue weighted by Crippen LogP contribution is 2.39. The molecule has 16 heavy (non-hydrogen) atoms. The van der Waals surface area contributed by atoms with E-state index in [4.69, 9.17) is 4.55 Å². The molecule has 0 aromatic carbocycles. The summed E-state index contributed by atoms with van der Waals surface area (Å²) in [4.78, 5) is 0.0846. The van der Waals surface area contributed by atoms with E-state index in [1.165, 1.54) is 6.08 Å². The summed E-state index contributed by atoms with van der Waals surface area (Å²) < 4.78 is 31.2. The molecule has 1 N–H and O–H groups in total. The van der Waals surface area contributed by atoms with E-state index < -0.39 is 10.1 Å². The van der Waals surface area contributed by atoms with Gasteiger partial charge in [-0.15, -0.1) is 0 Å². The molecule has 0 bridgehead atoms. The normalized spacial score (nSPS) is 26.8. The SMILES string of the molecule is CCC=CC1(C)CC(S(=O)(=O)O)=CC=C1C. The minimum atomic E-state index is -4.06. The predicted octanol–water partition coefficient (Wildman–Crippen LogP) is 3.08. The molecule has 1 aliphatic carbocycles. The lowest BCUT2D eigenvalue weighted by molar-refractivity contribution is 0.467. The Morgan fingerprint density at radius 3 is 2.62 bits per heavy atom. The average Bonchev–Trinajstić information content (AvgIpc) is 2.18. The van der Waals surface area contributed by atoms with Gasteiger partial charge in [-0.05, 0) is 25.8 Å². The molecule has 0 radical (unpaired) electrons. The minimum Gasteiger partial charge on any atom is -0.282 e. The lowest BCUT2D eigenvalue weighted by Gasteiger charge is -2.30. The van der Waals surface area contributed by atoms with Crippen LogP contribution >= 0.6 is 0 Å². The first-order valence-corrected chi connectivity index (χ1v) is 6.77. The third-order valence-corrected chi connectivity index (χ3v) is 3.96. The van der Waals surface area contributed by atoms with Crippen molar-refractivity contribution in [2.75, 3.05) is 0 Å². The van der Waals surface area contributed by atoms with Gasteiger partial charge < -0.3 is 0 Å². The number of rotatable bonds is 3. The van der Waals surface area contributed by atoms with Gasteiger partial charge in [0.2, 0.25) is 0 Å². The molecule has 0 spiro atoms. The summed E-state index contributed by atoms with van der Waals surface area (Å²) in [7, 11) is -4.06. The Morgan fingerprint density at radius 1 is 1.50 bits per heavy atom. The van der Waals surface area contributed by atoms with Gasteiger partial charge in [0.05, 0.1) is 4.91 Å². The summed E-state index contributed by atoms with van der Waals surface area (Å²) >= 11 is 0. The van der Waals surface area contributed by atoms with E-state index in [1.807, 2.05) is 32.9 Å². The fourth-order valence-electron chi connectivity index (χ4n) is 1.71. The van der Waals surface area contributed by atoms with Crippen LogP contribution in [0.4, 0.5) is 0 Å². The van der Waals surface area contributed by atoms with Crippen LogP contribution < -0.4 is 0 Å². The Balaban J connectivity index is 3.09. The van der Waals surface area contributed by atoms with Crippen molar-refractivity contribution in [3.05, 3.63) is 34.8 Å². The van der Waals surface area contributed by atoms with Gasteiger partial charge in [0, 0.05) is 5.41 Å². The summed E-state index contributed by atoms with van der Waals surface area (Å²) in [6.07, 6.45) is 8.50. The lowest BCUT2D eigenvalue weighted by Crippen LogP contribution is -2.21. The van der Waals surface area contributed by atoms with E-state index >= 15 is 0 Å². The molecule has 0 fully saturated rings. The van der Waals surface area contributed by atoms with Gasteiger partial charge in [0.25, 0.3) is 10.1 Å². The van der Waals surface area contributed by atoms with Crippen molar-refractivity contribution in [2.45, 2.75) is 33.6 Å². The zero-order valence-electron chi connectivity index (χ0n) is 9.90. The molecule has 0 amide bonds. The second-order valence-electron chi connectivity index (χ2n) is 4.36. The van der Waals surface area contributed by atoms with Crippen molar-refractivity contribution in [2.24, 2.45) is 5.41 Å². The van der Waals surface area contributed by atoms with Crippen LogP contribution in [0.5, 0.6) is 0 Å². The Kier molecular flexibility index (Phi) is 3.76. The molecule has 1 atom stereocenters. The minimum absolute atomic E-state index is 0.0846. The highest BCUT2D eigenvalue weighted by atomic mass is 32.2. The van der Waals surface area contributed by atoms with Crippen molar-refractivity contribution in [1.82, 2.24) is 0 Å². The largest absolute Gasteiger partial charge is 0.290 e. The van der Waals surface area contributed by atoms with Crippen molar-refractivity contribution in [1.29, 1.82) is 0 Å². The van der Waals surface area contributed by atoms with Crippen molar-refractivity contribution in [3.8, 4) is 0 Å². The molecule has 0 heterocycles. The first-order chi connectivity index (χ1) is 7.29. The Bertz CT molecular complexity index is 455. The van der Waals surface area contributed by atoms with E-state index in [9.17, 15) is 8.42 Å². The second kappa shape index (κ2) is 4.55. The number of hydrogen-bond donors (Lipinski definition) is 1. The highest BCUT2D eigenvalue weighted by molar-refractivity contribution is 7.89. The standard InChI is InChI=1S/C12H18O3S/c1-4-5-8-12(3)9-11(16(13,14)15)7-6-10(12)2/h5-8H,4,9H2,1-3H3,(H,13,14,15). The van der Waals surface area contributed by atoms with Crippen molar-refractivity contribution < 1.29 is 13.0 Å². The molecular formula is C12H18O3S. The lowest BCUT2D eigenvalue weighted by atomic mass is 9.77. The second-order valence-corrected chi connectivity index (χ2v) is 5.84. The van der Waals surface area contributed by atoms with E-state index in [0.717, 1.165) is 12.0 Å². The molecule has 0 saturated heterocycles. The molecular weight excluding hydrogens is 224 g/mol. The van der Waals surface area contributed by atoms with Gasteiger partial charge in [0.1, 0.15) is 0 Å². The quantitative estimate of drug-likeness (QED) is 0.611. The van der Waals surface area contributed by atoms with Crippen LogP contribution in [0.2, 0.25) is 0 Å². The van der Waals surface area contributed by atoms with Crippen LogP contribution in [0.15, 0.2) is 34.8 Å². The van der Waals surface area contributed by atoms with Crippen LogP contribution in [-0.4, -0.2) is 13.0 Å². The van der Waals surface area contributed by atoms with Gasteiger partial charge in [-0.2, -0.15) is 8.42 Å². The van der Waals surface area contributed by atoms with Gasteiger partial charge in [-0.25, -0.2) is 0 Å². The molecule has 4 heteroatoms. The fourth-order valence-corrected chi connectivity index (χ4v) is 2.44. The summed E-state index contributed by atoms with van der Waals surface area (Å²) in [5.74, 6) is 0. The summed E-state index contributed by atoms with van der Waals surface area (Å²) in [5.41, 5.74) is 0.792. The Morgan fingerprint density at radius 2 is 2.12 bits per heavy atom. The Labute approximate surface area is 97.3 Å². The Hall–Kier alpha value is -0.870. The molecule has 1 unspecified atom stereocenters. The average molecular weight is 242 g/mol. The number of hydrogen-bond acceptors (Lipinski definition) is 2. The molecule has 0 aromatic heterocycles. The molecule has 0 aliphatic heterocycles. The number of allylic oxidation sites excluding steroid dienone is 6. The van der Waals surface area contributed by atoms with Crippen LogP contribution in [-0.2, 0) is 10.1 Å². The zero-order valence-corrected chi connectivity index (χ0v) is 10.7. The van der Waals surface area contributed by atoms with Crippen LogP contribution in [0, 0.1) is 5.41 Å². The summed E-state index contributed by atoms with van der Waals surface area (Å²) in [5, 5.41) is 0. The van der Waals surface area contributed by atoms with E-state index in [1.54, 1.807) is 6.08 Å². The van der Waals surface area contributed by atoms with Crippen molar-refractivity contribution >= 4 is 10.1 Å². The van der Waals surface area contributed by atoms with Crippen molar-refractivity contribution in [3.63, 3.8) is 0 Å². The third kappa shape index (κ3) is 2.83. The molecule has 3 nitrogen and oxygen atoms in total. The van der Waals surface area contributed by atoms with Crippen LogP contribution in [0.25, 0.3) is 0 Å². The van der Waals surface area contributed by atoms with Crippen LogP contribution in [0.1, 0.15) is 33.6 Å². The maximum atomic E-state index is 11.1. The molecule has 0 saturated carbocycles. The van der Waals surface area contributed by atoms with E-state index in [0.29, 0.717) is 6.42 Å². The molecule has 90 valence electrons. The maximum Gasteiger partial charge on any atom is 0.290 e. The van der Waals surface area contributed by atoms with Crippen LogP contribution in [0.3, 0.4) is 0 Å². The fraction of sp³-hybridized carbons (Fsp3) is 0.500. The molecule has 0 aromatic rings. The summed E-state index contributed by atoms with van der Waals surface area (Å²) in [6.45, 7) is 5.97. The third-order valence-electron chi connectivity index (χ3n) is 3.01. The molecule has 1 rings (SSSR count). The van der Waals surface area contributed by atoms with E-state index in [2.05, 4.69) is 0 Å². The monoisotopic (exact) mass is 242 g/mol. The smallest absolute Gasteiger partial charge is 0.282 e. The maximum absolute atomic E-state index is 11.1. The molecule has 1 aliphatic rings. The first-order valence-electron chi connectivity index (χ1n) is 5.33. The van der Waals surface area contributed by atoms with Gasteiger partial charge in [-0.3, -0.25) is 4.55 Å². The van der Waals surface area contributed by atoms with Gasteiger partial charge in [-0.1, -0.05) is 37.6 Å². The van der Waals surface area contributed by atoms with E-state index in [-0.39, 0.29) is 10.3 Å². The van der Waals surface area contributed by atoms with Gasteiger partial charge in [0.15, 0.2) is 0 Å². The highest BCUT2D eigenvalue weighted by Gasteiger charge is 2.31. The predicted molar refractivity (Wildman–Crippen MR) is 65.5 cm³/mol. The zero-order chi connectivity index (χ0) is 12.4. The summed E-state index contributed by atoms with van der Waals surface area (Å²) in [6, 6.07) is 0.